The molecule has 0 heterocycles. The van der Waals surface area contributed by atoms with E-state index >= 15 is 0 Å². The Hall–Kier alpha value is 11.5. The van der Waals surface area contributed by atoms with E-state index in [0.717, 1.165) is 0 Å². The maximum atomic E-state index is 0. The van der Waals surface area contributed by atoms with Crippen molar-refractivity contribution in [1.82, 2.24) is 0 Å². The van der Waals surface area contributed by atoms with Crippen LogP contribution in [0, 0.1) is 80.8 Å². The third-order valence-corrected chi connectivity index (χ3v) is 0. The molecule has 0 fully saturated rings. The molecule has 0 rings (SSSR count). The van der Waals surface area contributed by atoms with Gasteiger partial charge in [-0.3, -0.25) is 0 Å². The van der Waals surface area contributed by atoms with E-state index in [0.29, 0.717) is 0 Å². The van der Waals surface area contributed by atoms with E-state index in [4.69, 9.17) is 0 Å². The van der Waals surface area contributed by atoms with Crippen LogP contribution in [0.1, 0.15) is 0 Å². The van der Waals surface area contributed by atoms with Gasteiger partial charge in [0, 0.05) is 371 Å². The molecule has 0 amide bonds. The average Bonchev–Trinajstić information content (AvgIpc) is 0. The first kappa shape index (κ1) is 201. The Labute approximate surface area is 361 Å². The normalized spacial score (nSPS) is 0. The molecule has 19 heavy (non-hydrogen) atoms. The Bertz CT molecular complexity index is 9.22. The standard InChI is InChI=1S/17Fe.2Sm. The van der Waals surface area contributed by atoms with E-state index in [1.807, 2.05) is 0 Å². The molecule has 0 bridgehead atoms. The van der Waals surface area contributed by atoms with Gasteiger partial charge in [0.05, 0.1) is 0 Å². The van der Waals surface area contributed by atoms with E-state index in [9.17, 15) is 0 Å². The van der Waals surface area contributed by atoms with Crippen LogP contribution in [0.15, 0.2) is 0 Å². The first-order valence-electron chi connectivity index (χ1n) is 0. The predicted molar refractivity (Wildman–Crippen MR) is 0 cm³/mol. The molecular weight excluding hydrogens is 1250 g/mol. The summed E-state index contributed by atoms with van der Waals surface area (Å²) in [5.41, 5.74) is 0. The Kier molecular flexibility index (Phi) is 1910. The van der Waals surface area contributed by atoms with Crippen molar-refractivity contribution in [3.8, 4) is 0 Å². The van der Waals surface area contributed by atoms with Crippen molar-refractivity contribution in [2.75, 3.05) is 0 Å². The van der Waals surface area contributed by atoms with E-state index in [1.54, 1.807) is 0 Å². The van der Waals surface area contributed by atoms with Gasteiger partial charge in [-0.1, -0.05) is 0 Å². The molecular formula is Fe17Sm2. The molecule has 0 saturated heterocycles. The monoisotopic (exact) mass is 1250 g/mol. The minimum absolute atomic E-state index is 0. The molecule has 0 aliphatic carbocycles. The minimum Gasteiger partial charge on any atom is 0 e. The number of rotatable bonds is 0. The molecule has 19 heteroatoms. The van der Waals surface area contributed by atoms with Gasteiger partial charge in [0.15, 0.2) is 0 Å². The van der Waals surface area contributed by atoms with E-state index in [-0.39, 0.29) is 371 Å². The molecule has 0 spiro atoms. The molecule has 0 radical (unpaired) electrons. The molecule has 0 N–H and O–H groups in total. The van der Waals surface area contributed by atoms with E-state index < -0.39 is 0 Å². The molecule has 0 aromatic rings. The Morgan fingerprint density at radius 1 is 0.105 bits per heavy atom. The zero-order valence-electron chi connectivity index (χ0n) is 6.83. The Morgan fingerprint density at radius 2 is 0.105 bits per heavy atom. The molecule has 0 unspecified atom stereocenters. The predicted octanol–water partition coefficient (Wildman–Crippen LogP) is -0.0425. The van der Waals surface area contributed by atoms with Gasteiger partial charge in [0.2, 0.25) is 0 Å². The van der Waals surface area contributed by atoms with Crippen LogP contribution in [0.3, 0.4) is 0 Å². The molecule has 0 aromatic heterocycles. The minimum atomic E-state index is 0. The second kappa shape index (κ2) is 181. The van der Waals surface area contributed by atoms with Gasteiger partial charge in [-0.25, -0.2) is 0 Å². The van der Waals surface area contributed by atoms with Crippen LogP contribution in [0.5, 0.6) is 0 Å². The topological polar surface area (TPSA) is 0 Å². The average molecular weight is 1250 g/mol. The van der Waals surface area contributed by atoms with Crippen molar-refractivity contribution in [3.05, 3.63) is 0 Å². The number of hydrogen-bond acceptors (Lipinski definition) is 0. The fraction of sp³-hybridized carbons (Fsp3) is 0. The fourth-order valence-electron chi connectivity index (χ4n) is 0. The molecule has 0 aliphatic heterocycles. The summed E-state index contributed by atoms with van der Waals surface area (Å²) in [6.07, 6.45) is 0. The molecule has 0 aromatic carbocycles. The van der Waals surface area contributed by atoms with Gasteiger partial charge < -0.3 is 0 Å². The van der Waals surface area contributed by atoms with Gasteiger partial charge in [0.25, 0.3) is 0 Å². The van der Waals surface area contributed by atoms with Gasteiger partial charge in [0.1, 0.15) is 0 Å². The van der Waals surface area contributed by atoms with Crippen LogP contribution in [-0.2, 0) is 290 Å². The second-order valence-electron chi connectivity index (χ2n) is 0. The molecule has 0 aliphatic rings. The van der Waals surface area contributed by atoms with Crippen LogP contribution in [0.4, 0.5) is 0 Å². The van der Waals surface area contributed by atoms with Gasteiger partial charge in [-0.2, -0.15) is 0 Å². The SMILES string of the molecule is [Fe].[Fe].[Fe].[Fe].[Fe].[Fe].[Fe].[Fe].[Fe].[Fe].[Fe].[Fe].[Fe].[Fe].[Fe].[Fe].[Fe].[Sm].[Sm]. The van der Waals surface area contributed by atoms with E-state index in [2.05, 4.69) is 0 Å². The van der Waals surface area contributed by atoms with Crippen molar-refractivity contribution < 1.29 is 371 Å². The zero-order valence-corrected chi connectivity index (χ0v) is 30.8. The molecule has 0 atom stereocenters. The quantitative estimate of drug-likeness (QED) is 0.300. The van der Waals surface area contributed by atoms with Crippen LogP contribution in [-0.4, -0.2) is 0 Å². The second-order valence-corrected chi connectivity index (χ2v) is 0. The summed E-state index contributed by atoms with van der Waals surface area (Å²) in [5, 5.41) is 0. The smallest absolute Gasteiger partial charge is 0 e. The summed E-state index contributed by atoms with van der Waals surface area (Å²) >= 11 is 0. The van der Waals surface area contributed by atoms with Crippen molar-refractivity contribution in [3.63, 3.8) is 0 Å². The van der Waals surface area contributed by atoms with Crippen molar-refractivity contribution in [2.24, 2.45) is 0 Å². The van der Waals surface area contributed by atoms with Crippen LogP contribution in [0.2, 0.25) is 0 Å². The molecule has 0 saturated carbocycles. The van der Waals surface area contributed by atoms with Crippen LogP contribution in [0.25, 0.3) is 0 Å². The summed E-state index contributed by atoms with van der Waals surface area (Å²) in [7, 11) is 0. The third kappa shape index (κ3) is 169. The zero-order chi connectivity index (χ0) is 0. The molecule has 0 nitrogen and oxygen atoms in total. The third-order valence-electron chi connectivity index (χ3n) is 0. The summed E-state index contributed by atoms with van der Waals surface area (Å²) in [5.74, 6) is 0. The van der Waals surface area contributed by atoms with Crippen molar-refractivity contribution >= 4 is 0 Å². The largest absolute Gasteiger partial charge is 0 e. The van der Waals surface area contributed by atoms with Crippen molar-refractivity contribution in [2.45, 2.75) is 0 Å². The molecule has 148 valence electrons. The first-order chi connectivity index (χ1) is 0. The number of hydrogen-bond donors (Lipinski definition) is 0. The Balaban J connectivity index is 0. The van der Waals surface area contributed by atoms with Crippen LogP contribution < -0.4 is 0 Å². The Morgan fingerprint density at radius 3 is 0.105 bits per heavy atom. The first-order valence-corrected chi connectivity index (χ1v) is 0. The maximum absolute atomic E-state index is 0. The van der Waals surface area contributed by atoms with E-state index in [1.165, 1.54) is 0 Å². The van der Waals surface area contributed by atoms with Gasteiger partial charge in [-0.05, 0) is 0 Å². The summed E-state index contributed by atoms with van der Waals surface area (Å²) in [6.45, 7) is 0. The van der Waals surface area contributed by atoms with Gasteiger partial charge >= 0.3 is 0 Å². The fourth-order valence-corrected chi connectivity index (χ4v) is 0. The maximum Gasteiger partial charge on any atom is 0 e. The van der Waals surface area contributed by atoms with Gasteiger partial charge in [-0.15, -0.1) is 0 Å². The summed E-state index contributed by atoms with van der Waals surface area (Å²) < 4.78 is 0. The summed E-state index contributed by atoms with van der Waals surface area (Å²) in [6, 6.07) is 0. The summed E-state index contributed by atoms with van der Waals surface area (Å²) in [4.78, 5) is 0. The van der Waals surface area contributed by atoms with Crippen molar-refractivity contribution in [1.29, 1.82) is 0 Å². The van der Waals surface area contributed by atoms with Crippen LogP contribution >= 0.6 is 0 Å².